The Bertz CT molecular complexity index is 629. The lowest BCUT2D eigenvalue weighted by atomic mass is 10.1. The number of nitrogens with two attached hydrogens (primary N) is 1. The Balaban J connectivity index is 0.00000242. The highest BCUT2D eigenvalue weighted by molar-refractivity contribution is 5.91. The van der Waals surface area contributed by atoms with Gasteiger partial charge in [0, 0.05) is 19.5 Å². The van der Waals surface area contributed by atoms with Crippen molar-refractivity contribution >= 4 is 35.3 Å². The van der Waals surface area contributed by atoms with Gasteiger partial charge in [-0.15, -0.1) is 12.4 Å². The zero-order chi connectivity index (χ0) is 15.2. The summed E-state index contributed by atoms with van der Waals surface area (Å²) in [6, 6.07) is 4.39. The van der Waals surface area contributed by atoms with Crippen LogP contribution < -0.4 is 11.1 Å². The van der Waals surface area contributed by atoms with Crippen LogP contribution >= 0.6 is 12.4 Å². The van der Waals surface area contributed by atoms with E-state index in [4.69, 9.17) is 5.73 Å². The van der Waals surface area contributed by atoms with Gasteiger partial charge in [-0.05, 0) is 31.5 Å². The molecular formula is C15H22ClFN4O. The van der Waals surface area contributed by atoms with Gasteiger partial charge >= 0.3 is 0 Å². The molecule has 0 radical (unpaired) electrons. The maximum atomic E-state index is 13.2. The molecule has 22 heavy (non-hydrogen) atoms. The maximum absolute atomic E-state index is 13.2. The number of benzene rings is 1. The van der Waals surface area contributed by atoms with Crippen LogP contribution in [0.25, 0.3) is 11.0 Å². The molecule has 1 heterocycles. The highest BCUT2D eigenvalue weighted by Crippen LogP contribution is 2.19. The molecule has 0 fully saturated rings. The Morgan fingerprint density at radius 2 is 2.05 bits per heavy atom. The molecule has 0 aliphatic carbocycles. The number of hydrogen-bond acceptors (Lipinski definition) is 3. The number of nitrogens with zero attached hydrogens (tertiary/aromatic N) is 2. The molecule has 0 spiro atoms. The highest BCUT2D eigenvalue weighted by atomic mass is 35.5. The first-order chi connectivity index (χ1) is 10.1. The van der Waals surface area contributed by atoms with E-state index < -0.39 is 0 Å². The number of imidazole rings is 1. The Morgan fingerprint density at radius 1 is 1.32 bits per heavy atom. The van der Waals surface area contributed by atoms with Gasteiger partial charge in [-0.25, -0.2) is 9.37 Å². The van der Waals surface area contributed by atoms with Gasteiger partial charge in [-0.3, -0.25) is 10.1 Å². The largest absolute Gasteiger partial charge is 0.330 e. The van der Waals surface area contributed by atoms with Gasteiger partial charge in [0.05, 0.1) is 11.0 Å². The van der Waals surface area contributed by atoms with Crippen molar-refractivity contribution in [3.05, 3.63) is 24.0 Å². The summed E-state index contributed by atoms with van der Waals surface area (Å²) < 4.78 is 14.9. The van der Waals surface area contributed by atoms with Crippen molar-refractivity contribution in [2.24, 2.45) is 12.8 Å². The average Bonchev–Trinajstić information content (AvgIpc) is 2.74. The summed E-state index contributed by atoms with van der Waals surface area (Å²) in [5.74, 6) is 0.0440. The summed E-state index contributed by atoms with van der Waals surface area (Å²) in [5, 5.41) is 2.78. The number of halogens is 2. The molecule has 0 bridgehead atoms. The number of aromatic nitrogens is 2. The van der Waals surface area contributed by atoms with Gasteiger partial charge in [-0.1, -0.05) is 12.8 Å². The van der Waals surface area contributed by atoms with Crippen molar-refractivity contribution in [3.63, 3.8) is 0 Å². The standard InChI is InChI=1S/C15H21FN4O.ClH/c1-20-13-8-7-11(16)10-12(13)18-15(20)19-14(21)6-4-2-3-5-9-17;/h7-8,10H,2-6,9,17H2,1H3,(H,18,19,21);1H. The molecular weight excluding hydrogens is 307 g/mol. The third-order valence-electron chi connectivity index (χ3n) is 3.45. The molecule has 0 aliphatic heterocycles. The smallest absolute Gasteiger partial charge is 0.226 e. The monoisotopic (exact) mass is 328 g/mol. The van der Waals surface area contributed by atoms with Crippen LogP contribution in [0.3, 0.4) is 0 Å². The Labute approximate surface area is 135 Å². The Kier molecular flexibility index (Phi) is 7.27. The van der Waals surface area contributed by atoms with E-state index in [-0.39, 0.29) is 24.1 Å². The summed E-state index contributed by atoms with van der Waals surface area (Å²) >= 11 is 0. The van der Waals surface area contributed by atoms with E-state index in [0.29, 0.717) is 24.4 Å². The first kappa shape index (κ1) is 18.4. The van der Waals surface area contributed by atoms with Crippen molar-refractivity contribution in [1.29, 1.82) is 0 Å². The maximum Gasteiger partial charge on any atom is 0.226 e. The van der Waals surface area contributed by atoms with Crippen LogP contribution in [-0.2, 0) is 11.8 Å². The number of hydrogen-bond donors (Lipinski definition) is 2. The van der Waals surface area contributed by atoms with E-state index in [0.717, 1.165) is 31.2 Å². The second-order valence-corrected chi connectivity index (χ2v) is 5.13. The molecule has 0 aliphatic rings. The highest BCUT2D eigenvalue weighted by Gasteiger charge is 2.11. The molecule has 0 unspecified atom stereocenters. The van der Waals surface area contributed by atoms with Crippen LogP contribution in [0.15, 0.2) is 18.2 Å². The van der Waals surface area contributed by atoms with E-state index in [1.165, 1.54) is 12.1 Å². The molecule has 1 aromatic carbocycles. The minimum atomic E-state index is -0.335. The first-order valence-electron chi connectivity index (χ1n) is 7.23. The predicted octanol–water partition coefficient (Wildman–Crippen LogP) is 2.98. The van der Waals surface area contributed by atoms with Crippen LogP contribution in [0.4, 0.5) is 10.3 Å². The molecule has 2 aromatic rings. The first-order valence-corrected chi connectivity index (χ1v) is 7.23. The van der Waals surface area contributed by atoms with Crippen LogP contribution in [0.1, 0.15) is 32.1 Å². The van der Waals surface area contributed by atoms with Gasteiger partial charge < -0.3 is 10.3 Å². The van der Waals surface area contributed by atoms with Gasteiger partial charge in [0.1, 0.15) is 5.82 Å². The lowest BCUT2D eigenvalue weighted by molar-refractivity contribution is -0.116. The van der Waals surface area contributed by atoms with Crippen molar-refractivity contribution in [2.45, 2.75) is 32.1 Å². The molecule has 2 rings (SSSR count). The number of amides is 1. The number of rotatable bonds is 7. The summed E-state index contributed by atoms with van der Waals surface area (Å²) in [7, 11) is 1.80. The Morgan fingerprint density at radius 3 is 2.77 bits per heavy atom. The van der Waals surface area contributed by atoms with Crippen molar-refractivity contribution in [1.82, 2.24) is 9.55 Å². The number of aryl methyl sites for hydroxylation is 1. The molecule has 0 saturated carbocycles. The molecule has 7 heteroatoms. The van der Waals surface area contributed by atoms with Crippen molar-refractivity contribution < 1.29 is 9.18 Å². The van der Waals surface area contributed by atoms with E-state index in [1.807, 2.05) is 0 Å². The lowest BCUT2D eigenvalue weighted by Gasteiger charge is -2.05. The van der Waals surface area contributed by atoms with Crippen LogP contribution in [0.2, 0.25) is 0 Å². The van der Waals surface area contributed by atoms with Crippen LogP contribution in [0.5, 0.6) is 0 Å². The quantitative estimate of drug-likeness (QED) is 0.767. The topological polar surface area (TPSA) is 72.9 Å². The molecule has 1 aromatic heterocycles. The fourth-order valence-electron chi connectivity index (χ4n) is 2.26. The number of carbonyl (C=O) groups is 1. The van der Waals surface area contributed by atoms with E-state index in [2.05, 4.69) is 10.3 Å². The molecule has 5 nitrogen and oxygen atoms in total. The van der Waals surface area contributed by atoms with Crippen LogP contribution in [-0.4, -0.2) is 22.0 Å². The number of nitrogens with one attached hydrogen (secondary N) is 1. The summed E-state index contributed by atoms with van der Waals surface area (Å²) in [5.41, 5.74) is 6.74. The number of fused-ring (bicyclic) bond motifs is 1. The van der Waals surface area contributed by atoms with Gasteiger partial charge in [0.25, 0.3) is 0 Å². The fourth-order valence-corrected chi connectivity index (χ4v) is 2.26. The fraction of sp³-hybridized carbons (Fsp3) is 0.467. The van der Waals surface area contributed by atoms with E-state index in [9.17, 15) is 9.18 Å². The second kappa shape index (κ2) is 8.70. The number of carbonyl (C=O) groups excluding carboxylic acids is 1. The van der Waals surface area contributed by atoms with Gasteiger partial charge in [-0.2, -0.15) is 0 Å². The number of anilines is 1. The third-order valence-corrected chi connectivity index (χ3v) is 3.45. The molecule has 0 atom stereocenters. The summed E-state index contributed by atoms with van der Waals surface area (Å²) in [4.78, 5) is 16.1. The zero-order valence-electron chi connectivity index (χ0n) is 12.6. The van der Waals surface area contributed by atoms with Crippen LogP contribution in [0, 0.1) is 5.82 Å². The molecule has 1 amide bonds. The SMILES string of the molecule is Cl.Cn1c(NC(=O)CCCCCCN)nc2cc(F)ccc21. The molecule has 3 N–H and O–H groups in total. The minimum absolute atomic E-state index is 0. The molecule has 0 saturated heterocycles. The second-order valence-electron chi connectivity index (χ2n) is 5.13. The van der Waals surface area contributed by atoms with Crippen molar-refractivity contribution in [3.8, 4) is 0 Å². The van der Waals surface area contributed by atoms with E-state index in [1.54, 1.807) is 17.7 Å². The van der Waals surface area contributed by atoms with Gasteiger partial charge in [0.15, 0.2) is 0 Å². The Hall–Kier alpha value is -1.66. The summed E-state index contributed by atoms with van der Waals surface area (Å²) in [6.07, 6.45) is 4.35. The number of unbranched alkanes of at least 4 members (excludes halogenated alkanes) is 3. The predicted molar refractivity (Wildman–Crippen MR) is 88.7 cm³/mol. The molecule has 122 valence electrons. The lowest BCUT2D eigenvalue weighted by Crippen LogP contribution is -2.14. The zero-order valence-corrected chi connectivity index (χ0v) is 13.5. The average molecular weight is 329 g/mol. The van der Waals surface area contributed by atoms with Gasteiger partial charge in [0.2, 0.25) is 11.9 Å². The normalized spacial score (nSPS) is 10.5. The van der Waals surface area contributed by atoms with E-state index >= 15 is 0 Å². The third kappa shape index (κ3) is 4.68. The summed E-state index contributed by atoms with van der Waals surface area (Å²) in [6.45, 7) is 0.697. The minimum Gasteiger partial charge on any atom is -0.330 e. The van der Waals surface area contributed by atoms with Crippen molar-refractivity contribution in [2.75, 3.05) is 11.9 Å².